The first kappa shape index (κ1) is 4.39. The predicted octanol–water partition coefficient (Wildman–Crippen LogP) is 0.610. The number of hydrogen-bond donors (Lipinski definition) is 1. The molecule has 0 spiro atoms. The third-order valence-electron chi connectivity index (χ3n) is 1.60. The molecule has 2 bridgehead atoms. The van der Waals surface area contributed by atoms with Gasteiger partial charge in [0, 0.05) is 6.42 Å². The van der Waals surface area contributed by atoms with Crippen LogP contribution in [0.25, 0.3) is 0 Å². The van der Waals surface area contributed by atoms with Gasteiger partial charge in [-0.15, -0.1) is 0 Å². The molecular weight excluding hydrogens is 102 g/mol. The maximum Gasteiger partial charge on any atom is 0.150 e. The van der Waals surface area contributed by atoms with E-state index in [4.69, 9.17) is 4.74 Å². The summed E-state index contributed by atoms with van der Waals surface area (Å²) < 4.78 is 5.35. The maximum absolute atomic E-state index is 5.35. The monoisotopic (exact) mass is 111 g/mol. The quantitative estimate of drug-likeness (QED) is 0.494. The molecule has 1 N–H and O–H groups in total. The Hall–Kier alpha value is -0.500. The molecule has 44 valence electrons. The van der Waals surface area contributed by atoms with Gasteiger partial charge in [-0.25, -0.2) is 0 Å². The lowest BCUT2D eigenvalue weighted by atomic mass is 10.2. The molecule has 1 unspecified atom stereocenters. The van der Waals surface area contributed by atoms with Crippen LogP contribution < -0.4 is 5.32 Å². The van der Waals surface area contributed by atoms with Crippen molar-refractivity contribution in [2.75, 3.05) is 6.54 Å². The SMILES string of the molecule is C1=C2CNC(CC1)O2. The van der Waals surface area contributed by atoms with Gasteiger partial charge in [-0.2, -0.15) is 0 Å². The Bertz CT molecular complexity index is 128. The summed E-state index contributed by atoms with van der Waals surface area (Å²) in [5, 5.41) is 3.23. The average molecular weight is 111 g/mol. The van der Waals surface area contributed by atoms with Crippen molar-refractivity contribution >= 4 is 0 Å². The molecule has 1 saturated heterocycles. The highest BCUT2D eigenvalue weighted by molar-refractivity contribution is 5.04. The molecular formula is C6H9NO. The molecule has 2 aliphatic rings. The van der Waals surface area contributed by atoms with Crippen molar-refractivity contribution in [1.82, 2.24) is 5.32 Å². The number of fused-ring (bicyclic) bond motifs is 2. The Labute approximate surface area is 48.5 Å². The van der Waals surface area contributed by atoms with Gasteiger partial charge in [0.25, 0.3) is 0 Å². The lowest BCUT2D eigenvalue weighted by Crippen LogP contribution is -2.21. The summed E-state index contributed by atoms with van der Waals surface area (Å²) in [6.07, 6.45) is 4.84. The zero-order valence-corrected chi connectivity index (χ0v) is 4.68. The van der Waals surface area contributed by atoms with Crippen LogP contribution >= 0.6 is 0 Å². The van der Waals surface area contributed by atoms with E-state index < -0.39 is 0 Å². The molecule has 1 atom stereocenters. The lowest BCUT2D eigenvalue weighted by molar-refractivity contribution is 0.125. The molecule has 2 rings (SSSR count). The number of allylic oxidation sites excluding steroid dienone is 1. The number of rotatable bonds is 0. The molecule has 0 saturated carbocycles. The topological polar surface area (TPSA) is 21.3 Å². The van der Waals surface area contributed by atoms with E-state index in [0.717, 1.165) is 18.7 Å². The molecule has 2 nitrogen and oxygen atoms in total. The fourth-order valence-electron chi connectivity index (χ4n) is 1.16. The molecule has 8 heavy (non-hydrogen) atoms. The minimum atomic E-state index is 0.343. The van der Waals surface area contributed by atoms with Crippen LogP contribution in [-0.2, 0) is 4.74 Å². The van der Waals surface area contributed by atoms with Crippen LogP contribution in [0, 0.1) is 0 Å². The van der Waals surface area contributed by atoms with Gasteiger partial charge in [0.2, 0.25) is 0 Å². The molecule has 0 radical (unpaired) electrons. The van der Waals surface area contributed by atoms with Gasteiger partial charge in [0.15, 0.2) is 0 Å². The van der Waals surface area contributed by atoms with Gasteiger partial charge in [0.1, 0.15) is 12.0 Å². The lowest BCUT2D eigenvalue weighted by Gasteiger charge is -2.12. The third-order valence-corrected chi connectivity index (χ3v) is 1.60. The van der Waals surface area contributed by atoms with Crippen LogP contribution in [0.3, 0.4) is 0 Å². The van der Waals surface area contributed by atoms with Crippen LogP contribution in [0.15, 0.2) is 11.8 Å². The second-order valence-electron chi connectivity index (χ2n) is 2.24. The van der Waals surface area contributed by atoms with Gasteiger partial charge < -0.3 is 4.74 Å². The smallest absolute Gasteiger partial charge is 0.150 e. The van der Waals surface area contributed by atoms with Crippen LogP contribution in [-0.4, -0.2) is 12.8 Å². The maximum atomic E-state index is 5.35. The van der Waals surface area contributed by atoms with Crippen molar-refractivity contribution in [2.45, 2.75) is 19.1 Å². The average Bonchev–Trinajstić information content (AvgIpc) is 2.12. The highest BCUT2D eigenvalue weighted by Crippen LogP contribution is 2.19. The zero-order chi connectivity index (χ0) is 5.40. The van der Waals surface area contributed by atoms with Gasteiger partial charge >= 0.3 is 0 Å². The second kappa shape index (κ2) is 1.49. The van der Waals surface area contributed by atoms with Crippen molar-refractivity contribution < 1.29 is 4.74 Å². The van der Waals surface area contributed by atoms with Gasteiger partial charge in [-0.1, -0.05) is 0 Å². The minimum absolute atomic E-state index is 0.343. The van der Waals surface area contributed by atoms with Crippen molar-refractivity contribution in [3.05, 3.63) is 11.8 Å². The minimum Gasteiger partial charge on any atom is -0.479 e. The third kappa shape index (κ3) is 0.530. The highest BCUT2D eigenvalue weighted by atomic mass is 16.5. The van der Waals surface area contributed by atoms with E-state index in [1.165, 1.54) is 6.42 Å². The van der Waals surface area contributed by atoms with Crippen LogP contribution in [0.1, 0.15) is 12.8 Å². The van der Waals surface area contributed by atoms with Gasteiger partial charge in [0.05, 0.1) is 6.54 Å². The molecule has 2 heteroatoms. The number of hydrogen-bond acceptors (Lipinski definition) is 2. The summed E-state index contributed by atoms with van der Waals surface area (Å²) in [6, 6.07) is 0. The highest BCUT2D eigenvalue weighted by Gasteiger charge is 2.21. The van der Waals surface area contributed by atoms with Crippen LogP contribution in [0.2, 0.25) is 0 Å². The normalized spacial score (nSPS) is 34.0. The first-order valence-electron chi connectivity index (χ1n) is 3.04. The summed E-state index contributed by atoms with van der Waals surface area (Å²) in [5.41, 5.74) is 0. The second-order valence-corrected chi connectivity index (χ2v) is 2.24. The first-order valence-corrected chi connectivity index (χ1v) is 3.04. The predicted molar refractivity (Wildman–Crippen MR) is 30.2 cm³/mol. The summed E-state index contributed by atoms with van der Waals surface area (Å²) in [7, 11) is 0. The van der Waals surface area contributed by atoms with Gasteiger partial charge in [-0.3, -0.25) is 5.32 Å². The van der Waals surface area contributed by atoms with Crippen LogP contribution in [0.4, 0.5) is 0 Å². The van der Waals surface area contributed by atoms with E-state index in [1.807, 2.05) is 0 Å². The van der Waals surface area contributed by atoms with E-state index in [9.17, 15) is 0 Å². The van der Waals surface area contributed by atoms with E-state index in [2.05, 4.69) is 11.4 Å². The fourth-order valence-corrected chi connectivity index (χ4v) is 1.16. The zero-order valence-electron chi connectivity index (χ0n) is 4.68. The van der Waals surface area contributed by atoms with E-state index >= 15 is 0 Å². The summed E-state index contributed by atoms with van der Waals surface area (Å²) in [4.78, 5) is 0. The Balaban J connectivity index is 2.22. The van der Waals surface area contributed by atoms with Crippen LogP contribution in [0.5, 0.6) is 0 Å². The molecule has 0 aromatic rings. The van der Waals surface area contributed by atoms with Crippen molar-refractivity contribution in [2.24, 2.45) is 0 Å². The Kier molecular flexibility index (Phi) is 0.815. The van der Waals surface area contributed by atoms with Crippen molar-refractivity contribution in [3.8, 4) is 0 Å². The summed E-state index contributed by atoms with van der Waals surface area (Å²) >= 11 is 0. The van der Waals surface area contributed by atoms with Gasteiger partial charge in [-0.05, 0) is 12.5 Å². The standard InChI is InChI=1S/C6H9NO/c1-2-5-4-7-6(3-1)8-5/h2,6-7H,1,3-4H2. The van der Waals surface area contributed by atoms with E-state index in [1.54, 1.807) is 0 Å². The molecule has 0 amide bonds. The molecule has 0 aromatic heterocycles. The summed E-state index contributed by atoms with van der Waals surface area (Å²) in [5.74, 6) is 1.14. The van der Waals surface area contributed by atoms with E-state index in [-0.39, 0.29) is 0 Å². The Morgan fingerprint density at radius 3 is 3.50 bits per heavy atom. The Morgan fingerprint density at radius 2 is 2.75 bits per heavy atom. The summed E-state index contributed by atoms with van der Waals surface area (Å²) in [6.45, 7) is 0.949. The first-order chi connectivity index (χ1) is 3.95. The molecule has 0 aliphatic carbocycles. The Morgan fingerprint density at radius 1 is 1.75 bits per heavy atom. The van der Waals surface area contributed by atoms with E-state index in [0.29, 0.717) is 6.23 Å². The fraction of sp³-hybridized carbons (Fsp3) is 0.667. The largest absolute Gasteiger partial charge is 0.479 e. The number of nitrogens with one attached hydrogen (secondary N) is 1. The molecule has 2 heterocycles. The molecule has 2 aliphatic heterocycles. The molecule has 1 fully saturated rings. The molecule has 0 aromatic carbocycles. The number of ether oxygens (including phenoxy) is 1. The van der Waals surface area contributed by atoms with Crippen molar-refractivity contribution in [1.29, 1.82) is 0 Å². The van der Waals surface area contributed by atoms with Crippen molar-refractivity contribution in [3.63, 3.8) is 0 Å².